The summed E-state index contributed by atoms with van der Waals surface area (Å²) in [6, 6.07) is 13.6. The van der Waals surface area contributed by atoms with Crippen LogP contribution in [0.15, 0.2) is 49.1 Å². The van der Waals surface area contributed by atoms with Gasteiger partial charge < -0.3 is 4.74 Å². The second kappa shape index (κ2) is 8.50. The van der Waals surface area contributed by atoms with Gasteiger partial charge in [-0.25, -0.2) is 0 Å². The number of fused-ring (bicyclic) bond motifs is 1. The fourth-order valence-corrected chi connectivity index (χ4v) is 5.53. The van der Waals surface area contributed by atoms with Crippen LogP contribution in [0.25, 0.3) is 10.8 Å². The van der Waals surface area contributed by atoms with E-state index >= 15 is 0 Å². The molecule has 1 heteroatoms. The monoisotopic (exact) mass is 362 g/mol. The SMILES string of the molecule is C=CC1CCC(C2CCC(c3ccc4cc(OCC)ccc4c3)CC2)CC1. The summed E-state index contributed by atoms with van der Waals surface area (Å²) in [5.41, 5.74) is 1.54. The third-order valence-corrected chi connectivity index (χ3v) is 7.21. The summed E-state index contributed by atoms with van der Waals surface area (Å²) < 4.78 is 5.64. The van der Waals surface area contributed by atoms with Crippen molar-refractivity contribution in [3.05, 3.63) is 54.6 Å². The van der Waals surface area contributed by atoms with Crippen LogP contribution in [0.2, 0.25) is 0 Å². The molecule has 2 aromatic carbocycles. The molecule has 0 amide bonds. The number of hydrogen-bond acceptors (Lipinski definition) is 1. The van der Waals surface area contributed by atoms with Crippen LogP contribution in [-0.2, 0) is 0 Å². The summed E-state index contributed by atoms with van der Waals surface area (Å²) in [7, 11) is 0. The fraction of sp³-hybridized carbons (Fsp3) is 0.538. The van der Waals surface area contributed by atoms with Crippen LogP contribution >= 0.6 is 0 Å². The van der Waals surface area contributed by atoms with E-state index < -0.39 is 0 Å². The van der Waals surface area contributed by atoms with Crippen molar-refractivity contribution >= 4 is 10.8 Å². The van der Waals surface area contributed by atoms with Gasteiger partial charge in [-0.3, -0.25) is 0 Å². The van der Waals surface area contributed by atoms with E-state index in [1.165, 1.54) is 62.1 Å². The number of benzene rings is 2. The minimum Gasteiger partial charge on any atom is -0.494 e. The van der Waals surface area contributed by atoms with E-state index in [1.807, 2.05) is 6.92 Å². The van der Waals surface area contributed by atoms with Crippen LogP contribution in [0.3, 0.4) is 0 Å². The molecular weight excluding hydrogens is 328 g/mol. The molecule has 0 aliphatic heterocycles. The quantitative estimate of drug-likeness (QED) is 0.500. The molecule has 0 saturated heterocycles. The van der Waals surface area contributed by atoms with Gasteiger partial charge in [0.1, 0.15) is 5.75 Å². The lowest BCUT2D eigenvalue weighted by Crippen LogP contribution is -2.25. The molecule has 2 aromatic rings. The highest BCUT2D eigenvalue weighted by molar-refractivity contribution is 5.84. The Morgan fingerprint density at radius 2 is 1.48 bits per heavy atom. The largest absolute Gasteiger partial charge is 0.494 e. The molecule has 0 bridgehead atoms. The van der Waals surface area contributed by atoms with E-state index in [1.54, 1.807) is 5.56 Å². The van der Waals surface area contributed by atoms with Gasteiger partial charge in [0.15, 0.2) is 0 Å². The van der Waals surface area contributed by atoms with Gasteiger partial charge >= 0.3 is 0 Å². The summed E-state index contributed by atoms with van der Waals surface area (Å²) in [5, 5.41) is 2.64. The zero-order valence-corrected chi connectivity index (χ0v) is 16.8. The highest BCUT2D eigenvalue weighted by atomic mass is 16.5. The second-order valence-corrected chi connectivity index (χ2v) is 8.72. The zero-order chi connectivity index (χ0) is 18.6. The predicted octanol–water partition coefficient (Wildman–Crippen LogP) is 7.50. The minimum absolute atomic E-state index is 0.724. The lowest BCUT2D eigenvalue weighted by Gasteiger charge is -2.37. The van der Waals surface area contributed by atoms with Crippen molar-refractivity contribution < 1.29 is 4.74 Å². The minimum atomic E-state index is 0.724. The zero-order valence-electron chi connectivity index (χ0n) is 16.8. The standard InChI is InChI=1S/C26H34O/c1-3-19-5-7-20(8-6-19)21-9-11-22(12-10-21)23-13-14-25-18-26(27-4-2)16-15-24(25)17-23/h3,13-22H,1,4-12H2,2H3. The fourth-order valence-electron chi connectivity index (χ4n) is 5.53. The third kappa shape index (κ3) is 4.23. The van der Waals surface area contributed by atoms with Crippen molar-refractivity contribution in [3.8, 4) is 5.75 Å². The maximum atomic E-state index is 5.64. The second-order valence-electron chi connectivity index (χ2n) is 8.72. The first-order valence-corrected chi connectivity index (χ1v) is 11.1. The maximum Gasteiger partial charge on any atom is 0.119 e. The Balaban J connectivity index is 1.37. The molecule has 0 aromatic heterocycles. The van der Waals surface area contributed by atoms with Gasteiger partial charge in [0.05, 0.1) is 6.61 Å². The molecule has 2 fully saturated rings. The van der Waals surface area contributed by atoms with Crippen molar-refractivity contribution in [1.82, 2.24) is 0 Å². The van der Waals surface area contributed by atoms with Crippen LogP contribution in [0.5, 0.6) is 5.75 Å². The molecule has 0 N–H and O–H groups in total. The number of hydrogen-bond donors (Lipinski definition) is 0. The van der Waals surface area contributed by atoms with Crippen molar-refractivity contribution in [3.63, 3.8) is 0 Å². The molecule has 0 radical (unpaired) electrons. The van der Waals surface area contributed by atoms with Crippen molar-refractivity contribution in [2.24, 2.45) is 17.8 Å². The summed E-state index contributed by atoms with van der Waals surface area (Å²) >= 11 is 0. The van der Waals surface area contributed by atoms with Crippen molar-refractivity contribution in [1.29, 1.82) is 0 Å². The lowest BCUT2D eigenvalue weighted by molar-refractivity contribution is 0.171. The van der Waals surface area contributed by atoms with Crippen LogP contribution in [0.1, 0.15) is 69.8 Å². The topological polar surface area (TPSA) is 9.23 Å². The van der Waals surface area contributed by atoms with Crippen LogP contribution in [0.4, 0.5) is 0 Å². The Labute approximate surface area is 164 Å². The average molecular weight is 363 g/mol. The molecule has 1 nitrogen and oxygen atoms in total. The van der Waals surface area contributed by atoms with Crippen LogP contribution in [0, 0.1) is 17.8 Å². The Morgan fingerprint density at radius 3 is 2.15 bits per heavy atom. The van der Waals surface area contributed by atoms with Crippen molar-refractivity contribution in [2.75, 3.05) is 6.61 Å². The molecule has 0 heterocycles. The third-order valence-electron chi connectivity index (χ3n) is 7.21. The van der Waals surface area contributed by atoms with E-state index in [-0.39, 0.29) is 0 Å². The van der Waals surface area contributed by atoms with Gasteiger partial charge in [0.25, 0.3) is 0 Å². The number of rotatable bonds is 5. The average Bonchev–Trinajstić information content (AvgIpc) is 2.74. The Hall–Kier alpha value is -1.76. The van der Waals surface area contributed by atoms with E-state index in [0.29, 0.717) is 0 Å². The molecule has 144 valence electrons. The molecular formula is C26H34O. The first-order valence-electron chi connectivity index (χ1n) is 11.1. The Morgan fingerprint density at radius 1 is 0.852 bits per heavy atom. The van der Waals surface area contributed by atoms with Crippen LogP contribution in [-0.4, -0.2) is 6.61 Å². The molecule has 2 aliphatic carbocycles. The summed E-state index contributed by atoms with van der Waals surface area (Å²) in [4.78, 5) is 0. The highest BCUT2D eigenvalue weighted by Crippen LogP contribution is 2.44. The van der Waals surface area contributed by atoms with E-state index in [4.69, 9.17) is 4.74 Å². The molecule has 4 rings (SSSR count). The number of allylic oxidation sites excluding steroid dienone is 1. The van der Waals surface area contributed by atoms with Gasteiger partial charge in [-0.15, -0.1) is 6.58 Å². The Bertz CT molecular complexity index is 761. The molecule has 0 spiro atoms. The highest BCUT2D eigenvalue weighted by Gasteiger charge is 2.30. The molecule has 2 aliphatic rings. The van der Waals surface area contributed by atoms with Gasteiger partial charge in [0.2, 0.25) is 0 Å². The van der Waals surface area contributed by atoms with Crippen LogP contribution < -0.4 is 4.74 Å². The lowest BCUT2D eigenvalue weighted by atomic mass is 9.68. The number of ether oxygens (including phenoxy) is 1. The van der Waals surface area contributed by atoms with Gasteiger partial charge in [-0.1, -0.05) is 30.3 Å². The molecule has 0 unspecified atom stereocenters. The first kappa shape index (κ1) is 18.6. The summed E-state index contributed by atoms with van der Waals surface area (Å²) in [6.07, 6.45) is 13.4. The Kier molecular flexibility index (Phi) is 5.86. The van der Waals surface area contributed by atoms with Gasteiger partial charge in [0, 0.05) is 0 Å². The van der Waals surface area contributed by atoms with Gasteiger partial charge in [-0.05, 0) is 110 Å². The first-order chi connectivity index (χ1) is 13.3. The smallest absolute Gasteiger partial charge is 0.119 e. The summed E-state index contributed by atoms with van der Waals surface area (Å²) in [6.45, 7) is 6.75. The van der Waals surface area contributed by atoms with Gasteiger partial charge in [-0.2, -0.15) is 0 Å². The van der Waals surface area contributed by atoms with E-state index in [0.717, 1.165) is 36.0 Å². The maximum absolute atomic E-state index is 5.64. The molecule has 0 atom stereocenters. The predicted molar refractivity (Wildman–Crippen MR) is 115 cm³/mol. The van der Waals surface area contributed by atoms with E-state index in [2.05, 4.69) is 49.1 Å². The molecule has 27 heavy (non-hydrogen) atoms. The van der Waals surface area contributed by atoms with E-state index in [9.17, 15) is 0 Å². The van der Waals surface area contributed by atoms with Crippen molar-refractivity contribution in [2.45, 2.75) is 64.2 Å². The molecule has 2 saturated carbocycles. The normalized spacial score (nSPS) is 28.8. The summed E-state index contributed by atoms with van der Waals surface area (Å²) in [5.74, 6) is 4.47.